The SMILES string of the molecule is CN=C(NCCN1C(=O)C2C3C=CC(C3)C2C1=O)NCC(=O)Nc1ccc(F)cc1.I. The summed E-state index contributed by atoms with van der Waals surface area (Å²) < 4.78 is 12.9. The quantitative estimate of drug-likeness (QED) is 0.166. The maximum absolute atomic E-state index is 12.9. The number of amides is 3. The van der Waals surface area contributed by atoms with E-state index in [0.29, 0.717) is 18.2 Å². The number of hydrogen-bond donors (Lipinski definition) is 3. The fraction of sp³-hybridized carbons (Fsp3) is 0.429. The van der Waals surface area contributed by atoms with Gasteiger partial charge in [-0.05, 0) is 42.5 Å². The van der Waals surface area contributed by atoms with Gasteiger partial charge in [0, 0.05) is 25.8 Å². The summed E-state index contributed by atoms with van der Waals surface area (Å²) in [7, 11) is 1.56. The van der Waals surface area contributed by atoms with Gasteiger partial charge in [0.25, 0.3) is 0 Å². The molecule has 4 rings (SSSR count). The number of anilines is 1. The number of benzene rings is 1. The summed E-state index contributed by atoms with van der Waals surface area (Å²) in [6, 6.07) is 5.48. The molecule has 0 aromatic heterocycles. The molecule has 0 spiro atoms. The zero-order chi connectivity index (χ0) is 21.3. The average molecular weight is 541 g/mol. The summed E-state index contributed by atoms with van der Waals surface area (Å²) in [6.07, 6.45) is 5.05. The van der Waals surface area contributed by atoms with Crippen LogP contribution in [0.25, 0.3) is 0 Å². The Morgan fingerprint density at radius 3 is 2.29 bits per heavy atom. The van der Waals surface area contributed by atoms with Crippen molar-refractivity contribution in [1.29, 1.82) is 0 Å². The molecule has 3 amide bonds. The molecule has 1 aliphatic heterocycles. The summed E-state index contributed by atoms with van der Waals surface area (Å²) in [4.78, 5) is 42.7. The number of carbonyl (C=O) groups excluding carboxylic acids is 3. The van der Waals surface area contributed by atoms with E-state index < -0.39 is 0 Å². The highest BCUT2D eigenvalue weighted by Gasteiger charge is 2.58. The number of rotatable bonds is 6. The van der Waals surface area contributed by atoms with E-state index in [1.807, 2.05) is 0 Å². The number of guanidine groups is 1. The van der Waals surface area contributed by atoms with Crippen LogP contribution in [0.4, 0.5) is 10.1 Å². The average Bonchev–Trinajstić information content (AvgIpc) is 3.41. The third-order valence-corrected chi connectivity index (χ3v) is 5.96. The smallest absolute Gasteiger partial charge is 0.243 e. The highest BCUT2D eigenvalue weighted by molar-refractivity contribution is 14.0. The minimum Gasteiger partial charge on any atom is -0.355 e. The molecule has 2 fully saturated rings. The molecular formula is C21H25FIN5O3. The zero-order valence-corrected chi connectivity index (χ0v) is 19.3. The van der Waals surface area contributed by atoms with Crippen LogP contribution in [0.2, 0.25) is 0 Å². The Hall–Kier alpha value is -2.50. The number of nitrogens with one attached hydrogen (secondary N) is 3. The molecular weight excluding hydrogens is 516 g/mol. The van der Waals surface area contributed by atoms with Crippen molar-refractivity contribution in [2.75, 3.05) is 32.0 Å². The molecule has 2 aliphatic carbocycles. The van der Waals surface area contributed by atoms with Gasteiger partial charge < -0.3 is 16.0 Å². The number of nitrogens with zero attached hydrogens (tertiary/aromatic N) is 2. The van der Waals surface area contributed by atoms with Crippen LogP contribution >= 0.6 is 24.0 Å². The van der Waals surface area contributed by atoms with Crippen LogP contribution in [-0.2, 0) is 14.4 Å². The first-order valence-corrected chi connectivity index (χ1v) is 10.0. The minimum absolute atomic E-state index is 0. The molecule has 1 aromatic carbocycles. The largest absolute Gasteiger partial charge is 0.355 e. The van der Waals surface area contributed by atoms with Gasteiger partial charge in [0.05, 0.1) is 18.4 Å². The van der Waals surface area contributed by atoms with Gasteiger partial charge >= 0.3 is 0 Å². The standard InChI is InChI=1S/C21H24FN5O3.HI/c1-23-21(25-11-16(28)26-15-6-4-14(22)5-7-15)24-8-9-27-19(29)17-12-2-3-13(10-12)18(17)20(27)30;/h2-7,12-13,17-18H,8-11H2,1H3,(H,26,28)(H2,23,24,25);1H. The van der Waals surface area contributed by atoms with E-state index in [4.69, 9.17) is 0 Å². The third-order valence-electron chi connectivity index (χ3n) is 5.96. The highest BCUT2D eigenvalue weighted by atomic mass is 127. The Bertz CT molecular complexity index is 890. The van der Waals surface area contributed by atoms with Crippen LogP contribution < -0.4 is 16.0 Å². The van der Waals surface area contributed by atoms with Gasteiger partial charge in [-0.15, -0.1) is 24.0 Å². The summed E-state index contributed by atoms with van der Waals surface area (Å²) in [5, 5.41) is 8.53. The van der Waals surface area contributed by atoms with Crippen molar-refractivity contribution >= 4 is 53.3 Å². The van der Waals surface area contributed by atoms with E-state index in [-0.39, 0.29) is 84.3 Å². The van der Waals surface area contributed by atoms with Crippen molar-refractivity contribution in [1.82, 2.24) is 15.5 Å². The molecule has 4 unspecified atom stereocenters. The number of aliphatic imine (C=N–C) groups is 1. The van der Waals surface area contributed by atoms with Gasteiger partial charge in [-0.3, -0.25) is 24.3 Å². The predicted molar refractivity (Wildman–Crippen MR) is 124 cm³/mol. The first kappa shape index (κ1) is 23.2. The molecule has 0 radical (unpaired) electrons. The number of allylic oxidation sites excluding steroid dienone is 2. The van der Waals surface area contributed by atoms with Crippen LogP contribution in [0.15, 0.2) is 41.4 Å². The molecule has 3 N–H and O–H groups in total. The van der Waals surface area contributed by atoms with Gasteiger partial charge in [0.2, 0.25) is 17.7 Å². The number of halogens is 2. The van der Waals surface area contributed by atoms with E-state index in [1.165, 1.54) is 29.2 Å². The van der Waals surface area contributed by atoms with Gasteiger partial charge in [-0.2, -0.15) is 0 Å². The topological polar surface area (TPSA) is 103 Å². The third kappa shape index (κ3) is 4.73. The van der Waals surface area contributed by atoms with Crippen molar-refractivity contribution < 1.29 is 18.8 Å². The first-order valence-electron chi connectivity index (χ1n) is 10.0. The molecule has 31 heavy (non-hydrogen) atoms. The van der Waals surface area contributed by atoms with Gasteiger partial charge in [0.1, 0.15) is 5.82 Å². The second-order valence-corrected chi connectivity index (χ2v) is 7.74. The van der Waals surface area contributed by atoms with E-state index in [2.05, 4.69) is 33.1 Å². The lowest BCUT2D eigenvalue weighted by Gasteiger charge is -2.18. The molecule has 1 aromatic rings. The molecule has 1 saturated carbocycles. The van der Waals surface area contributed by atoms with Crippen LogP contribution in [0.1, 0.15) is 6.42 Å². The summed E-state index contributed by atoms with van der Waals surface area (Å²) in [6.45, 7) is 0.545. The molecule has 4 atom stereocenters. The monoisotopic (exact) mass is 541 g/mol. The number of likely N-dealkylation sites (tertiary alicyclic amines) is 1. The lowest BCUT2D eigenvalue weighted by molar-refractivity contribution is -0.140. The number of carbonyl (C=O) groups is 3. The summed E-state index contributed by atoms with van der Waals surface area (Å²) in [5.41, 5.74) is 0.492. The summed E-state index contributed by atoms with van der Waals surface area (Å²) >= 11 is 0. The van der Waals surface area contributed by atoms with Crippen LogP contribution in [0, 0.1) is 29.5 Å². The van der Waals surface area contributed by atoms with Gasteiger partial charge in [-0.25, -0.2) is 4.39 Å². The van der Waals surface area contributed by atoms with E-state index >= 15 is 0 Å². The molecule has 2 bridgehead atoms. The number of imide groups is 1. The summed E-state index contributed by atoms with van der Waals surface area (Å²) in [5.74, 6) is -0.462. The first-order chi connectivity index (χ1) is 14.5. The Labute approximate surface area is 196 Å². The Kier molecular flexibility index (Phi) is 7.29. The van der Waals surface area contributed by atoms with Crippen LogP contribution in [0.5, 0.6) is 0 Å². The van der Waals surface area contributed by atoms with E-state index in [0.717, 1.165) is 6.42 Å². The second-order valence-electron chi connectivity index (χ2n) is 7.74. The van der Waals surface area contributed by atoms with Crippen molar-refractivity contribution in [3.8, 4) is 0 Å². The maximum Gasteiger partial charge on any atom is 0.243 e. The van der Waals surface area contributed by atoms with Gasteiger partial charge in [0.15, 0.2) is 5.96 Å². The fourth-order valence-electron chi connectivity index (χ4n) is 4.59. The molecule has 3 aliphatic rings. The lowest BCUT2D eigenvalue weighted by Crippen LogP contribution is -2.45. The fourth-order valence-corrected chi connectivity index (χ4v) is 4.59. The molecule has 166 valence electrons. The second kappa shape index (κ2) is 9.75. The predicted octanol–water partition coefficient (Wildman–Crippen LogP) is 1.35. The maximum atomic E-state index is 12.9. The number of hydrogen-bond acceptors (Lipinski definition) is 4. The van der Waals surface area contributed by atoms with Crippen LogP contribution in [-0.4, -0.2) is 55.3 Å². The molecule has 8 nitrogen and oxygen atoms in total. The molecule has 1 heterocycles. The van der Waals surface area contributed by atoms with Crippen molar-refractivity contribution in [3.05, 3.63) is 42.2 Å². The minimum atomic E-state index is -0.377. The molecule has 1 saturated heterocycles. The Balaban J connectivity index is 0.00000272. The normalized spacial score (nSPS) is 26.0. The Morgan fingerprint density at radius 2 is 1.71 bits per heavy atom. The Morgan fingerprint density at radius 1 is 1.10 bits per heavy atom. The van der Waals surface area contributed by atoms with Gasteiger partial charge in [-0.1, -0.05) is 12.2 Å². The zero-order valence-electron chi connectivity index (χ0n) is 17.0. The lowest BCUT2D eigenvalue weighted by atomic mass is 9.85. The van der Waals surface area contributed by atoms with Crippen molar-refractivity contribution in [3.63, 3.8) is 0 Å². The van der Waals surface area contributed by atoms with E-state index in [9.17, 15) is 18.8 Å². The van der Waals surface area contributed by atoms with Crippen molar-refractivity contribution in [2.45, 2.75) is 6.42 Å². The van der Waals surface area contributed by atoms with E-state index in [1.54, 1.807) is 7.05 Å². The van der Waals surface area contributed by atoms with Crippen molar-refractivity contribution in [2.24, 2.45) is 28.7 Å². The number of fused-ring (bicyclic) bond motifs is 5. The molecule has 10 heteroatoms. The van der Waals surface area contributed by atoms with Crippen LogP contribution in [0.3, 0.4) is 0 Å². The highest BCUT2D eigenvalue weighted by Crippen LogP contribution is 2.52.